The number of pyridine rings is 1. The molecule has 0 amide bonds. The molecular formula is C16H15N3S. The molecular weight excluding hydrogens is 266 g/mol. The van der Waals surface area contributed by atoms with Gasteiger partial charge in [0.15, 0.2) is 0 Å². The van der Waals surface area contributed by atoms with Crippen molar-refractivity contribution in [3.05, 3.63) is 51.8 Å². The highest BCUT2D eigenvalue weighted by atomic mass is 32.1. The molecule has 2 aromatic rings. The monoisotopic (exact) mass is 281 g/mol. The molecule has 1 aromatic heterocycles. The van der Waals surface area contributed by atoms with Crippen molar-refractivity contribution < 1.29 is 0 Å². The number of aromatic nitrogens is 1. The van der Waals surface area contributed by atoms with Gasteiger partial charge in [-0.05, 0) is 18.2 Å². The Kier molecular flexibility index (Phi) is 3.39. The second-order valence-electron chi connectivity index (χ2n) is 5.13. The third-order valence-electron chi connectivity index (χ3n) is 3.75. The topological polar surface area (TPSA) is 42.8 Å². The SMILES string of the molecule is CN1CCc2[nH]c(=S)c(C#N)c(-c3ccccc3)c2C1. The standard InChI is InChI=1S/C16H15N3S/c1-19-8-7-14-13(10-19)15(11-5-3-2-4-6-11)12(9-17)16(20)18-14/h2-6H,7-8,10H2,1H3,(H,18,20). The molecule has 0 radical (unpaired) electrons. The predicted octanol–water partition coefficient (Wildman–Crippen LogP) is 3.27. The van der Waals surface area contributed by atoms with Gasteiger partial charge in [-0.3, -0.25) is 0 Å². The lowest BCUT2D eigenvalue weighted by Gasteiger charge is -2.27. The molecule has 1 N–H and O–H groups in total. The Morgan fingerprint density at radius 1 is 1.30 bits per heavy atom. The van der Waals surface area contributed by atoms with Crippen molar-refractivity contribution >= 4 is 12.2 Å². The zero-order chi connectivity index (χ0) is 14.1. The quantitative estimate of drug-likeness (QED) is 0.816. The highest BCUT2D eigenvalue weighted by Crippen LogP contribution is 2.32. The van der Waals surface area contributed by atoms with Gasteiger partial charge in [0.05, 0.1) is 5.56 Å². The van der Waals surface area contributed by atoms with Crippen LogP contribution in [0.15, 0.2) is 30.3 Å². The van der Waals surface area contributed by atoms with Crippen molar-refractivity contribution in [3.63, 3.8) is 0 Å². The molecule has 2 heterocycles. The summed E-state index contributed by atoms with van der Waals surface area (Å²) in [5.74, 6) is 0. The molecule has 20 heavy (non-hydrogen) atoms. The Balaban J connectivity index is 2.34. The molecule has 3 rings (SSSR count). The number of aromatic amines is 1. The van der Waals surface area contributed by atoms with Crippen molar-refractivity contribution in [1.82, 2.24) is 9.88 Å². The van der Waals surface area contributed by atoms with Crippen LogP contribution < -0.4 is 0 Å². The van der Waals surface area contributed by atoms with Crippen LogP contribution >= 0.6 is 12.2 Å². The van der Waals surface area contributed by atoms with Gasteiger partial charge in [0, 0.05) is 30.8 Å². The number of hydrogen-bond donors (Lipinski definition) is 1. The summed E-state index contributed by atoms with van der Waals surface area (Å²) >= 11 is 5.36. The normalized spacial score (nSPS) is 14.6. The third kappa shape index (κ3) is 2.15. The van der Waals surface area contributed by atoms with Crippen LogP contribution in [0.5, 0.6) is 0 Å². The van der Waals surface area contributed by atoms with Gasteiger partial charge in [0.1, 0.15) is 10.7 Å². The fourth-order valence-electron chi connectivity index (χ4n) is 2.76. The lowest BCUT2D eigenvalue weighted by atomic mass is 9.92. The number of H-pyrrole nitrogens is 1. The number of nitrogens with one attached hydrogen (secondary N) is 1. The maximum absolute atomic E-state index is 9.48. The summed E-state index contributed by atoms with van der Waals surface area (Å²) in [4.78, 5) is 5.51. The van der Waals surface area contributed by atoms with E-state index in [2.05, 4.69) is 23.0 Å². The van der Waals surface area contributed by atoms with Crippen LogP contribution in [0.25, 0.3) is 11.1 Å². The fraction of sp³-hybridized carbons (Fsp3) is 0.250. The van der Waals surface area contributed by atoms with E-state index in [1.165, 1.54) is 11.3 Å². The van der Waals surface area contributed by atoms with Gasteiger partial charge in [-0.25, -0.2) is 0 Å². The van der Waals surface area contributed by atoms with E-state index in [4.69, 9.17) is 12.2 Å². The van der Waals surface area contributed by atoms with Gasteiger partial charge in [-0.2, -0.15) is 5.26 Å². The molecule has 0 saturated carbocycles. The van der Waals surface area contributed by atoms with Gasteiger partial charge < -0.3 is 9.88 Å². The molecule has 1 aromatic carbocycles. The first-order chi connectivity index (χ1) is 9.70. The number of fused-ring (bicyclic) bond motifs is 1. The van der Waals surface area contributed by atoms with E-state index in [1.54, 1.807) is 0 Å². The molecule has 0 spiro atoms. The number of nitrogens with zero attached hydrogens (tertiary/aromatic N) is 2. The maximum atomic E-state index is 9.48. The van der Waals surface area contributed by atoms with Crippen LogP contribution in [-0.2, 0) is 13.0 Å². The molecule has 100 valence electrons. The summed E-state index contributed by atoms with van der Waals surface area (Å²) in [5.41, 5.74) is 5.02. The second-order valence-corrected chi connectivity index (χ2v) is 5.54. The molecule has 0 fully saturated rings. The van der Waals surface area contributed by atoms with Crippen molar-refractivity contribution in [2.75, 3.05) is 13.6 Å². The molecule has 0 bridgehead atoms. The Labute approximate surface area is 123 Å². The largest absolute Gasteiger partial charge is 0.349 e. The van der Waals surface area contributed by atoms with Crippen molar-refractivity contribution in [3.8, 4) is 17.2 Å². The lowest BCUT2D eigenvalue weighted by Crippen LogP contribution is -2.28. The molecule has 0 atom stereocenters. The van der Waals surface area contributed by atoms with Gasteiger partial charge >= 0.3 is 0 Å². The summed E-state index contributed by atoms with van der Waals surface area (Å²) in [6, 6.07) is 12.3. The average molecular weight is 281 g/mol. The van der Waals surface area contributed by atoms with Crippen LogP contribution in [0.2, 0.25) is 0 Å². The Morgan fingerprint density at radius 3 is 2.75 bits per heavy atom. The number of rotatable bonds is 1. The van der Waals surface area contributed by atoms with E-state index in [-0.39, 0.29) is 0 Å². The van der Waals surface area contributed by atoms with Gasteiger partial charge in [-0.1, -0.05) is 42.5 Å². The van der Waals surface area contributed by atoms with Crippen LogP contribution in [-0.4, -0.2) is 23.5 Å². The van der Waals surface area contributed by atoms with Crippen LogP contribution in [0.1, 0.15) is 16.8 Å². The van der Waals surface area contributed by atoms with E-state index in [0.29, 0.717) is 10.2 Å². The van der Waals surface area contributed by atoms with Gasteiger partial charge in [-0.15, -0.1) is 0 Å². The molecule has 0 saturated heterocycles. The van der Waals surface area contributed by atoms with E-state index < -0.39 is 0 Å². The molecule has 1 aliphatic heterocycles. The zero-order valence-corrected chi connectivity index (χ0v) is 12.1. The van der Waals surface area contributed by atoms with E-state index in [9.17, 15) is 5.26 Å². The number of hydrogen-bond acceptors (Lipinski definition) is 3. The first kappa shape index (κ1) is 13.0. The molecule has 0 aliphatic carbocycles. The first-order valence-corrected chi connectivity index (χ1v) is 7.03. The van der Waals surface area contributed by atoms with E-state index >= 15 is 0 Å². The second kappa shape index (κ2) is 5.20. The first-order valence-electron chi connectivity index (χ1n) is 6.63. The van der Waals surface area contributed by atoms with Crippen molar-refractivity contribution in [2.24, 2.45) is 0 Å². The number of likely N-dealkylation sites (N-methyl/N-ethyl adjacent to an activating group) is 1. The minimum absolute atomic E-state index is 0.551. The summed E-state index contributed by atoms with van der Waals surface area (Å²) in [6.07, 6.45) is 0.945. The number of benzene rings is 1. The van der Waals surface area contributed by atoms with Crippen LogP contribution in [0.4, 0.5) is 0 Å². The Hall–Kier alpha value is -1.96. The fourth-order valence-corrected chi connectivity index (χ4v) is 3.03. The third-order valence-corrected chi connectivity index (χ3v) is 4.06. The molecule has 1 aliphatic rings. The summed E-state index contributed by atoms with van der Waals surface area (Å²) in [7, 11) is 2.10. The van der Waals surface area contributed by atoms with E-state index in [1.807, 2.05) is 30.3 Å². The molecule has 0 unspecified atom stereocenters. The molecule has 4 heteroatoms. The lowest BCUT2D eigenvalue weighted by molar-refractivity contribution is 0.310. The summed E-state index contributed by atoms with van der Waals surface area (Å²) < 4.78 is 0.551. The highest BCUT2D eigenvalue weighted by molar-refractivity contribution is 7.71. The molecule has 3 nitrogen and oxygen atoms in total. The Morgan fingerprint density at radius 2 is 2.05 bits per heavy atom. The van der Waals surface area contributed by atoms with Crippen molar-refractivity contribution in [2.45, 2.75) is 13.0 Å². The summed E-state index contributed by atoms with van der Waals surface area (Å²) in [6.45, 7) is 1.86. The predicted molar refractivity (Wildman–Crippen MR) is 81.8 cm³/mol. The van der Waals surface area contributed by atoms with E-state index in [0.717, 1.165) is 30.6 Å². The maximum Gasteiger partial charge on any atom is 0.122 e. The van der Waals surface area contributed by atoms with Crippen LogP contribution in [0.3, 0.4) is 0 Å². The smallest absolute Gasteiger partial charge is 0.122 e. The number of nitriles is 1. The van der Waals surface area contributed by atoms with Crippen LogP contribution in [0, 0.1) is 16.0 Å². The minimum atomic E-state index is 0.551. The van der Waals surface area contributed by atoms with Gasteiger partial charge in [0.2, 0.25) is 0 Å². The summed E-state index contributed by atoms with van der Waals surface area (Å²) in [5, 5.41) is 9.48. The highest BCUT2D eigenvalue weighted by Gasteiger charge is 2.21. The zero-order valence-electron chi connectivity index (χ0n) is 11.3. The van der Waals surface area contributed by atoms with Crippen molar-refractivity contribution in [1.29, 1.82) is 5.26 Å². The minimum Gasteiger partial charge on any atom is -0.349 e. The van der Waals surface area contributed by atoms with Gasteiger partial charge in [0.25, 0.3) is 0 Å². The Bertz CT molecular complexity index is 741. The average Bonchev–Trinajstić information content (AvgIpc) is 2.47.